The van der Waals surface area contributed by atoms with E-state index in [-0.39, 0.29) is 11.5 Å². The average Bonchev–Trinajstić information content (AvgIpc) is 3.74. The number of fused-ring (bicyclic) bond motifs is 8. The predicted octanol–water partition coefficient (Wildman–Crippen LogP) is 8.16. The summed E-state index contributed by atoms with van der Waals surface area (Å²) in [7, 11) is 3.61. The molecule has 53 heavy (non-hydrogen) atoms. The molecule has 13 heteroatoms. The number of carboxylic acids is 1. The topological polar surface area (TPSA) is 106 Å². The number of nitrogens with zero attached hydrogens (tertiary/aromatic N) is 5. The molecule has 1 N–H and O–H groups in total. The standard InChI is InChI=1S/C40H43ClFN5O5S/c1-24-36-33-11-10-32(41)38(36)37-25(2)43-47(13-15-51-17-16-50-4)34(37)23-53-22-29-21-30(45(3)44-29)8-6-26-18-27-20-28(42)7-9-31(27)35(19-26)52-14-5-12-46(33)39(24)40(48)49/h7,9-11,18-21H,5-6,8,12-17,22-23H2,1-4H3,(H,48,49). The highest BCUT2D eigenvalue weighted by atomic mass is 35.5. The highest BCUT2D eigenvalue weighted by Crippen LogP contribution is 2.43. The fourth-order valence-corrected chi connectivity index (χ4v) is 8.67. The molecule has 10 nitrogen and oxygen atoms in total. The molecular formula is C40H43ClFN5O5S. The van der Waals surface area contributed by atoms with Gasteiger partial charge >= 0.3 is 5.97 Å². The third-order valence-electron chi connectivity index (χ3n) is 9.89. The largest absolute Gasteiger partial charge is 0.493 e. The molecule has 0 spiro atoms. The molecule has 0 atom stereocenters. The van der Waals surface area contributed by atoms with Crippen LogP contribution in [-0.2, 0) is 54.0 Å². The number of benzene rings is 3. The molecule has 8 bridgehead atoms. The number of thioether (sulfide) groups is 1. The van der Waals surface area contributed by atoms with E-state index in [0.29, 0.717) is 73.8 Å². The van der Waals surface area contributed by atoms with Gasteiger partial charge in [-0.2, -0.15) is 10.2 Å². The van der Waals surface area contributed by atoms with Crippen molar-refractivity contribution < 1.29 is 28.5 Å². The first-order valence-corrected chi connectivity index (χ1v) is 19.3. The van der Waals surface area contributed by atoms with E-state index in [2.05, 4.69) is 6.07 Å². The quantitative estimate of drug-likeness (QED) is 0.163. The van der Waals surface area contributed by atoms with Crippen molar-refractivity contribution in [3.63, 3.8) is 0 Å². The Hall–Kier alpha value is -4.36. The monoisotopic (exact) mass is 759 g/mol. The second kappa shape index (κ2) is 15.9. The normalized spacial score (nSPS) is 14.0. The summed E-state index contributed by atoms with van der Waals surface area (Å²) < 4.78 is 37.5. The van der Waals surface area contributed by atoms with Crippen molar-refractivity contribution in [1.29, 1.82) is 0 Å². The molecule has 6 aromatic rings. The van der Waals surface area contributed by atoms with Crippen molar-refractivity contribution in [2.75, 3.05) is 33.5 Å². The zero-order valence-electron chi connectivity index (χ0n) is 30.4. The van der Waals surface area contributed by atoms with Gasteiger partial charge in [0.05, 0.1) is 50.1 Å². The van der Waals surface area contributed by atoms with Crippen molar-refractivity contribution in [2.45, 2.75) is 57.7 Å². The van der Waals surface area contributed by atoms with Crippen molar-refractivity contribution >= 4 is 51.0 Å². The van der Waals surface area contributed by atoms with Crippen LogP contribution >= 0.6 is 23.4 Å². The van der Waals surface area contributed by atoms with E-state index in [1.165, 1.54) is 12.1 Å². The summed E-state index contributed by atoms with van der Waals surface area (Å²) in [6, 6.07) is 14.7. The van der Waals surface area contributed by atoms with Crippen LogP contribution < -0.4 is 4.74 Å². The van der Waals surface area contributed by atoms with Gasteiger partial charge in [-0.05, 0) is 92.1 Å². The fraction of sp³-hybridized carbons (Fsp3) is 0.375. The van der Waals surface area contributed by atoms with E-state index in [1.54, 1.807) is 24.9 Å². The van der Waals surface area contributed by atoms with Crippen LogP contribution in [-0.4, -0.2) is 68.7 Å². The first-order chi connectivity index (χ1) is 25.6. The number of methoxy groups -OCH3 is 1. The predicted molar refractivity (Wildman–Crippen MR) is 207 cm³/mol. The highest BCUT2D eigenvalue weighted by molar-refractivity contribution is 7.97. The van der Waals surface area contributed by atoms with E-state index in [4.69, 9.17) is 36.0 Å². The summed E-state index contributed by atoms with van der Waals surface area (Å²) in [6.07, 6.45) is 2.01. The smallest absolute Gasteiger partial charge is 0.352 e. The van der Waals surface area contributed by atoms with Crippen molar-refractivity contribution in [3.05, 3.63) is 99.0 Å². The van der Waals surface area contributed by atoms with E-state index in [9.17, 15) is 14.3 Å². The van der Waals surface area contributed by atoms with Gasteiger partial charge < -0.3 is 23.9 Å². The summed E-state index contributed by atoms with van der Waals surface area (Å²) in [4.78, 5) is 12.9. The zero-order chi connectivity index (χ0) is 37.2. The molecule has 3 aromatic carbocycles. The van der Waals surface area contributed by atoms with Gasteiger partial charge in [0.1, 0.15) is 17.3 Å². The van der Waals surface area contributed by atoms with Crippen LogP contribution in [0.1, 0.15) is 50.8 Å². The molecule has 3 aromatic heterocycles. The molecule has 0 amide bonds. The van der Waals surface area contributed by atoms with Crippen LogP contribution in [0.4, 0.5) is 4.39 Å². The second-order valence-corrected chi connectivity index (χ2v) is 14.8. The van der Waals surface area contributed by atoms with E-state index >= 15 is 0 Å². The molecule has 1 aliphatic heterocycles. The van der Waals surface area contributed by atoms with Crippen LogP contribution in [0.2, 0.25) is 5.02 Å². The maximum absolute atomic E-state index is 14.4. The Morgan fingerprint density at radius 1 is 1.04 bits per heavy atom. The van der Waals surface area contributed by atoms with Gasteiger partial charge in [0.25, 0.3) is 0 Å². The number of aromatic carboxylic acids is 1. The number of hydrogen-bond donors (Lipinski definition) is 1. The summed E-state index contributed by atoms with van der Waals surface area (Å²) in [5, 5.41) is 23.3. The third kappa shape index (κ3) is 7.55. The van der Waals surface area contributed by atoms with Crippen LogP contribution in [0, 0.1) is 19.7 Å². The molecule has 278 valence electrons. The lowest BCUT2D eigenvalue weighted by Gasteiger charge is -2.14. The Labute approximate surface area is 316 Å². The fourth-order valence-electron chi connectivity index (χ4n) is 7.48. The van der Waals surface area contributed by atoms with Gasteiger partial charge in [-0.3, -0.25) is 9.36 Å². The number of hydrogen-bond acceptors (Lipinski definition) is 7. The minimum Gasteiger partial charge on any atom is -0.493 e. The first-order valence-electron chi connectivity index (χ1n) is 17.8. The molecule has 7 rings (SSSR count). The second-order valence-electron chi connectivity index (χ2n) is 13.4. The molecule has 0 fully saturated rings. The van der Waals surface area contributed by atoms with Crippen molar-refractivity contribution in [2.24, 2.45) is 7.05 Å². The Morgan fingerprint density at radius 2 is 1.89 bits per heavy atom. The van der Waals surface area contributed by atoms with Gasteiger partial charge in [-0.25, -0.2) is 9.18 Å². The molecule has 0 saturated heterocycles. The number of ether oxygens (including phenoxy) is 3. The van der Waals surface area contributed by atoms with Gasteiger partial charge in [-0.1, -0.05) is 17.7 Å². The summed E-state index contributed by atoms with van der Waals surface area (Å²) in [5.41, 5.74) is 8.22. The molecule has 1 aliphatic rings. The van der Waals surface area contributed by atoms with Gasteiger partial charge in [0.2, 0.25) is 0 Å². The summed E-state index contributed by atoms with van der Waals surface area (Å²) in [5.74, 6) is 0.652. The summed E-state index contributed by atoms with van der Waals surface area (Å²) in [6.45, 7) is 6.54. The summed E-state index contributed by atoms with van der Waals surface area (Å²) >= 11 is 8.83. The number of carbonyl (C=O) groups is 1. The molecular weight excluding hydrogens is 717 g/mol. The average molecular weight is 760 g/mol. The van der Waals surface area contributed by atoms with Gasteiger partial charge in [0.15, 0.2) is 0 Å². The Bertz CT molecular complexity index is 2310. The highest BCUT2D eigenvalue weighted by Gasteiger charge is 2.27. The van der Waals surface area contributed by atoms with E-state index in [1.807, 2.05) is 59.1 Å². The Morgan fingerprint density at radius 3 is 2.70 bits per heavy atom. The number of rotatable bonds is 7. The third-order valence-corrected chi connectivity index (χ3v) is 11.2. The lowest BCUT2D eigenvalue weighted by Crippen LogP contribution is -2.12. The van der Waals surface area contributed by atoms with Crippen LogP contribution in [0.3, 0.4) is 0 Å². The zero-order valence-corrected chi connectivity index (χ0v) is 31.9. The van der Waals surface area contributed by atoms with E-state index < -0.39 is 5.97 Å². The number of carboxylic acid groups (broad SMARTS) is 1. The van der Waals surface area contributed by atoms with Crippen LogP contribution in [0.25, 0.3) is 32.8 Å². The molecule has 0 saturated carbocycles. The van der Waals surface area contributed by atoms with Crippen molar-refractivity contribution in [1.82, 2.24) is 24.1 Å². The van der Waals surface area contributed by atoms with E-state index in [0.717, 1.165) is 74.0 Å². The van der Waals surface area contributed by atoms with Crippen LogP contribution in [0.5, 0.6) is 5.75 Å². The van der Waals surface area contributed by atoms with Crippen molar-refractivity contribution in [3.8, 4) is 16.9 Å². The lowest BCUT2D eigenvalue weighted by atomic mass is 9.97. The molecule has 0 unspecified atom stereocenters. The molecule has 4 heterocycles. The number of halogens is 2. The minimum absolute atomic E-state index is 0.215. The Kier molecular flexibility index (Phi) is 11.1. The van der Waals surface area contributed by atoms with Gasteiger partial charge in [-0.15, -0.1) is 11.8 Å². The molecule has 0 aliphatic carbocycles. The van der Waals surface area contributed by atoms with Gasteiger partial charge in [0, 0.05) is 70.3 Å². The molecule has 0 radical (unpaired) electrons. The Balaban J connectivity index is 1.34. The maximum Gasteiger partial charge on any atom is 0.352 e. The minimum atomic E-state index is -1.01. The lowest BCUT2D eigenvalue weighted by molar-refractivity contribution is 0.0651. The van der Waals surface area contributed by atoms with Crippen LogP contribution in [0.15, 0.2) is 48.5 Å². The first kappa shape index (κ1) is 37.0. The SMILES string of the molecule is COCCOCCn1nc(C)c2c1CSCc1cc(n(C)n1)CCc1cc(c3ccc(F)cc3c1)OCCCn1c(C(=O)O)c(C)c3c-2c(Cl)ccc31. The maximum atomic E-state index is 14.4. The number of aryl methyl sites for hydroxylation is 6. The number of aromatic nitrogens is 5.